The zero-order valence-electron chi connectivity index (χ0n) is 8.96. The summed E-state index contributed by atoms with van der Waals surface area (Å²) in [7, 11) is 0. The molecule has 0 fully saturated rings. The van der Waals surface area contributed by atoms with Crippen LogP contribution in [0, 0.1) is 5.92 Å². The highest BCUT2D eigenvalue weighted by molar-refractivity contribution is 5.13. The Morgan fingerprint density at radius 3 is 2.53 bits per heavy atom. The SMILES string of the molecule is CC(C)Cc1cnc(-n2cccn2)nc1. The van der Waals surface area contributed by atoms with E-state index in [0.29, 0.717) is 11.9 Å². The van der Waals surface area contributed by atoms with Gasteiger partial charge in [-0.2, -0.15) is 5.10 Å². The van der Waals surface area contributed by atoms with E-state index >= 15 is 0 Å². The average molecular weight is 202 g/mol. The number of hydrogen-bond acceptors (Lipinski definition) is 3. The van der Waals surface area contributed by atoms with E-state index in [4.69, 9.17) is 0 Å². The highest BCUT2D eigenvalue weighted by atomic mass is 15.3. The predicted molar refractivity (Wildman–Crippen MR) is 57.7 cm³/mol. The largest absolute Gasteiger partial charge is 0.250 e. The summed E-state index contributed by atoms with van der Waals surface area (Å²) in [6.07, 6.45) is 8.29. The fraction of sp³-hybridized carbons (Fsp3) is 0.364. The van der Waals surface area contributed by atoms with Crippen molar-refractivity contribution in [3.63, 3.8) is 0 Å². The van der Waals surface area contributed by atoms with E-state index in [1.165, 1.54) is 5.56 Å². The molecule has 0 aliphatic heterocycles. The topological polar surface area (TPSA) is 43.6 Å². The van der Waals surface area contributed by atoms with E-state index in [2.05, 4.69) is 28.9 Å². The van der Waals surface area contributed by atoms with Gasteiger partial charge >= 0.3 is 0 Å². The minimum absolute atomic E-state index is 0.618. The van der Waals surface area contributed by atoms with Gasteiger partial charge < -0.3 is 0 Å². The van der Waals surface area contributed by atoms with Crippen LogP contribution in [0.5, 0.6) is 0 Å². The molecule has 2 rings (SSSR count). The normalized spacial score (nSPS) is 10.9. The molecule has 0 saturated heterocycles. The fourth-order valence-electron chi connectivity index (χ4n) is 1.43. The standard InChI is InChI=1S/C11H14N4/c1-9(2)6-10-7-12-11(13-8-10)15-5-3-4-14-15/h3-5,7-9H,6H2,1-2H3. The molecule has 2 aromatic rings. The molecular weight excluding hydrogens is 188 g/mol. The van der Waals surface area contributed by atoms with Crippen LogP contribution in [0.3, 0.4) is 0 Å². The Bertz CT molecular complexity index is 403. The van der Waals surface area contributed by atoms with Crippen LogP contribution in [-0.4, -0.2) is 19.7 Å². The Kier molecular flexibility index (Phi) is 2.76. The van der Waals surface area contributed by atoms with E-state index < -0.39 is 0 Å². The molecule has 0 aliphatic carbocycles. The first-order valence-electron chi connectivity index (χ1n) is 5.06. The van der Waals surface area contributed by atoms with Crippen LogP contribution in [0.25, 0.3) is 5.95 Å². The van der Waals surface area contributed by atoms with Crippen molar-refractivity contribution in [2.24, 2.45) is 5.92 Å². The predicted octanol–water partition coefficient (Wildman–Crippen LogP) is 1.86. The molecule has 2 heterocycles. The van der Waals surface area contributed by atoms with Gasteiger partial charge in [0.1, 0.15) is 0 Å². The lowest BCUT2D eigenvalue weighted by Crippen LogP contribution is -2.03. The van der Waals surface area contributed by atoms with Gasteiger partial charge in [-0.15, -0.1) is 0 Å². The van der Waals surface area contributed by atoms with Crippen LogP contribution in [-0.2, 0) is 6.42 Å². The smallest absolute Gasteiger partial charge is 0.219 e. The fourth-order valence-corrected chi connectivity index (χ4v) is 1.43. The second-order valence-electron chi connectivity index (χ2n) is 3.94. The zero-order valence-corrected chi connectivity index (χ0v) is 8.96. The van der Waals surface area contributed by atoms with E-state index in [1.54, 1.807) is 10.9 Å². The third-order valence-corrected chi connectivity index (χ3v) is 2.04. The van der Waals surface area contributed by atoms with Crippen LogP contribution in [0.4, 0.5) is 0 Å². The number of rotatable bonds is 3. The van der Waals surface area contributed by atoms with Crippen LogP contribution < -0.4 is 0 Å². The molecule has 0 N–H and O–H groups in total. The second kappa shape index (κ2) is 4.21. The van der Waals surface area contributed by atoms with Crippen molar-refractivity contribution in [1.29, 1.82) is 0 Å². The first-order valence-corrected chi connectivity index (χ1v) is 5.06. The molecule has 0 atom stereocenters. The van der Waals surface area contributed by atoms with Crippen LogP contribution in [0.2, 0.25) is 0 Å². The highest BCUT2D eigenvalue weighted by Crippen LogP contribution is 2.06. The quantitative estimate of drug-likeness (QED) is 0.763. The van der Waals surface area contributed by atoms with Crippen LogP contribution in [0.1, 0.15) is 19.4 Å². The summed E-state index contributed by atoms with van der Waals surface area (Å²) >= 11 is 0. The lowest BCUT2D eigenvalue weighted by Gasteiger charge is -2.04. The Morgan fingerprint density at radius 2 is 2.00 bits per heavy atom. The number of hydrogen-bond donors (Lipinski definition) is 0. The summed E-state index contributed by atoms with van der Waals surface area (Å²) in [5.41, 5.74) is 1.17. The van der Waals surface area contributed by atoms with Gasteiger partial charge in [0, 0.05) is 24.8 Å². The molecule has 0 unspecified atom stereocenters. The Hall–Kier alpha value is -1.71. The van der Waals surface area contributed by atoms with Gasteiger partial charge in [0.25, 0.3) is 0 Å². The van der Waals surface area contributed by atoms with Gasteiger partial charge in [-0.1, -0.05) is 13.8 Å². The van der Waals surface area contributed by atoms with Crippen molar-refractivity contribution in [1.82, 2.24) is 19.7 Å². The third kappa shape index (κ3) is 2.40. The van der Waals surface area contributed by atoms with E-state index in [1.807, 2.05) is 24.7 Å². The van der Waals surface area contributed by atoms with Crippen molar-refractivity contribution in [3.05, 3.63) is 36.4 Å². The number of aromatic nitrogens is 4. The van der Waals surface area contributed by atoms with E-state index in [9.17, 15) is 0 Å². The lowest BCUT2D eigenvalue weighted by atomic mass is 10.1. The molecule has 0 aromatic carbocycles. The lowest BCUT2D eigenvalue weighted by molar-refractivity contribution is 0.642. The monoisotopic (exact) mass is 202 g/mol. The average Bonchev–Trinajstić information content (AvgIpc) is 2.71. The first kappa shape index (κ1) is 9.83. The Balaban J connectivity index is 2.17. The van der Waals surface area contributed by atoms with E-state index in [-0.39, 0.29) is 0 Å². The second-order valence-corrected chi connectivity index (χ2v) is 3.94. The van der Waals surface area contributed by atoms with Crippen molar-refractivity contribution in [3.8, 4) is 5.95 Å². The van der Waals surface area contributed by atoms with Gasteiger partial charge in [-0.05, 0) is 24.0 Å². The van der Waals surface area contributed by atoms with Crippen LogP contribution in [0.15, 0.2) is 30.9 Å². The molecule has 2 aromatic heterocycles. The molecule has 4 heteroatoms. The highest BCUT2D eigenvalue weighted by Gasteiger charge is 2.01. The maximum absolute atomic E-state index is 4.26. The van der Waals surface area contributed by atoms with Gasteiger partial charge in [-0.25, -0.2) is 14.6 Å². The molecule has 0 saturated carbocycles. The van der Waals surface area contributed by atoms with Gasteiger partial charge in [-0.3, -0.25) is 0 Å². The first-order chi connectivity index (χ1) is 7.25. The summed E-state index contributed by atoms with van der Waals surface area (Å²) < 4.78 is 1.65. The van der Waals surface area contributed by atoms with Crippen LogP contribution >= 0.6 is 0 Å². The summed E-state index contributed by atoms with van der Waals surface area (Å²) in [6.45, 7) is 4.36. The summed E-state index contributed by atoms with van der Waals surface area (Å²) in [5, 5.41) is 4.07. The van der Waals surface area contributed by atoms with Gasteiger partial charge in [0.2, 0.25) is 5.95 Å². The van der Waals surface area contributed by atoms with Crippen molar-refractivity contribution < 1.29 is 0 Å². The molecule has 0 spiro atoms. The van der Waals surface area contributed by atoms with Crippen molar-refractivity contribution in [2.45, 2.75) is 20.3 Å². The molecule has 15 heavy (non-hydrogen) atoms. The summed E-state index contributed by atoms with van der Waals surface area (Å²) in [6, 6.07) is 1.85. The maximum atomic E-state index is 4.26. The maximum Gasteiger partial charge on any atom is 0.250 e. The summed E-state index contributed by atoms with van der Waals surface area (Å²) in [4.78, 5) is 8.53. The summed E-state index contributed by atoms with van der Waals surface area (Å²) in [5.74, 6) is 1.25. The van der Waals surface area contributed by atoms with Gasteiger partial charge in [0.15, 0.2) is 0 Å². The van der Waals surface area contributed by atoms with Crippen molar-refractivity contribution in [2.75, 3.05) is 0 Å². The molecule has 0 bridgehead atoms. The molecule has 0 amide bonds. The minimum atomic E-state index is 0.618. The molecular formula is C11H14N4. The molecule has 0 aliphatic rings. The van der Waals surface area contributed by atoms with Gasteiger partial charge in [0.05, 0.1) is 0 Å². The molecule has 0 radical (unpaired) electrons. The van der Waals surface area contributed by atoms with Crippen molar-refractivity contribution >= 4 is 0 Å². The Labute approximate surface area is 89.0 Å². The number of nitrogens with zero attached hydrogens (tertiary/aromatic N) is 4. The zero-order chi connectivity index (χ0) is 10.7. The minimum Gasteiger partial charge on any atom is -0.219 e. The Morgan fingerprint density at radius 1 is 1.27 bits per heavy atom. The molecule has 78 valence electrons. The van der Waals surface area contributed by atoms with E-state index in [0.717, 1.165) is 6.42 Å². The third-order valence-electron chi connectivity index (χ3n) is 2.04. The molecule has 4 nitrogen and oxygen atoms in total.